The smallest absolute Gasteiger partial charge is 0.262 e. The molecule has 2 aromatic rings. The van der Waals surface area contributed by atoms with E-state index in [1.807, 2.05) is 12.1 Å². The lowest BCUT2D eigenvalue weighted by atomic mass is 9.94. The molecule has 24 heavy (non-hydrogen) atoms. The van der Waals surface area contributed by atoms with E-state index in [0.29, 0.717) is 23.1 Å². The summed E-state index contributed by atoms with van der Waals surface area (Å²) in [5.41, 5.74) is 2.07. The topological polar surface area (TPSA) is 38.5 Å². The van der Waals surface area contributed by atoms with E-state index in [-0.39, 0.29) is 0 Å². The predicted octanol–water partition coefficient (Wildman–Crippen LogP) is 4.93. The van der Waals surface area contributed by atoms with Crippen LogP contribution in [0.25, 0.3) is 11.0 Å². The van der Waals surface area contributed by atoms with Gasteiger partial charge in [-0.2, -0.15) is 0 Å². The molecule has 0 amide bonds. The highest BCUT2D eigenvalue weighted by atomic mass is 35.5. The number of halogens is 1. The molecule has 1 aliphatic heterocycles. The summed E-state index contributed by atoms with van der Waals surface area (Å²) in [4.78, 5) is 2.53. The number of hydrogen-bond acceptors (Lipinski definition) is 4. The van der Waals surface area contributed by atoms with E-state index in [9.17, 15) is 0 Å². The SMILES string of the molecule is CC(C)=CCN1CCC(CCOc2noc3cc(Cl)ccc23)CC1. The molecule has 2 heterocycles. The fourth-order valence-corrected chi connectivity index (χ4v) is 3.25. The largest absolute Gasteiger partial charge is 0.475 e. The van der Waals surface area contributed by atoms with Crippen molar-refractivity contribution in [3.8, 4) is 5.88 Å². The van der Waals surface area contributed by atoms with Gasteiger partial charge in [0.1, 0.15) is 0 Å². The summed E-state index contributed by atoms with van der Waals surface area (Å²) in [6.45, 7) is 8.44. The summed E-state index contributed by atoms with van der Waals surface area (Å²) in [6, 6.07) is 5.49. The van der Waals surface area contributed by atoms with Crippen LogP contribution in [0, 0.1) is 5.92 Å². The van der Waals surface area contributed by atoms with Crippen molar-refractivity contribution in [1.29, 1.82) is 0 Å². The van der Waals surface area contributed by atoms with Crippen LogP contribution >= 0.6 is 11.6 Å². The van der Waals surface area contributed by atoms with Crippen LogP contribution in [-0.4, -0.2) is 36.3 Å². The van der Waals surface area contributed by atoms with Crippen molar-refractivity contribution in [2.75, 3.05) is 26.2 Å². The Balaban J connectivity index is 1.43. The van der Waals surface area contributed by atoms with Gasteiger partial charge in [0.2, 0.25) is 0 Å². The molecule has 1 fully saturated rings. The summed E-state index contributed by atoms with van der Waals surface area (Å²) < 4.78 is 11.1. The van der Waals surface area contributed by atoms with Crippen LogP contribution < -0.4 is 4.74 Å². The van der Waals surface area contributed by atoms with E-state index in [2.05, 4.69) is 30.0 Å². The van der Waals surface area contributed by atoms with Crippen LogP contribution in [0.1, 0.15) is 33.1 Å². The maximum absolute atomic E-state index is 5.95. The second-order valence-electron chi connectivity index (χ2n) is 6.79. The number of ether oxygens (including phenoxy) is 1. The summed E-state index contributed by atoms with van der Waals surface area (Å²) in [5, 5.41) is 5.53. The zero-order valence-corrected chi connectivity index (χ0v) is 15.2. The van der Waals surface area contributed by atoms with E-state index >= 15 is 0 Å². The standard InChI is InChI=1S/C19H25ClN2O2/c1-14(2)5-9-22-10-6-15(7-11-22)8-12-23-19-17-4-3-16(20)13-18(17)24-21-19/h3-5,13,15H,6-12H2,1-2H3. The summed E-state index contributed by atoms with van der Waals surface area (Å²) in [5.74, 6) is 1.31. The minimum Gasteiger partial charge on any atom is -0.475 e. The van der Waals surface area contributed by atoms with Crippen LogP contribution in [0.5, 0.6) is 5.88 Å². The van der Waals surface area contributed by atoms with E-state index in [1.165, 1.54) is 31.5 Å². The summed E-state index contributed by atoms with van der Waals surface area (Å²) in [7, 11) is 0. The van der Waals surface area contributed by atoms with Gasteiger partial charge in [0.25, 0.3) is 5.88 Å². The molecule has 3 rings (SSSR count). The highest BCUT2D eigenvalue weighted by molar-refractivity contribution is 6.31. The molecule has 4 nitrogen and oxygen atoms in total. The van der Waals surface area contributed by atoms with Crippen molar-refractivity contribution in [3.63, 3.8) is 0 Å². The van der Waals surface area contributed by atoms with Crippen LogP contribution in [0.3, 0.4) is 0 Å². The maximum atomic E-state index is 5.95. The third-order valence-corrected chi connectivity index (χ3v) is 4.87. The molecule has 1 saturated heterocycles. The number of nitrogens with zero attached hydrogens (tertiary/aromatic N) is 2. The molecule has 130 valence electrons. The van der Waals surface area contributed by atoms with Crippen LogP contribution in [0.4, 0.5) is 0 Å². The first kappa shape index (κ1) is 17.3. The highest BCUT2D eigenvalue weighted by Gasteiger charge is 2.19. The van der Waals surface area contributed by atoms with Crippen molar-refractivity contribution < 1.29 is 9.26 Å². The number of fused-ring (bicyclic) bond motifs is 1. The number of benzene rings is 1. The molecule has 0 unspecified atom stereocenters. The second kappa shape index (κ2) is 8.04. The molecular weight excluding hydrogens is 324 g/mol. The van der Waals surface area contributed by atoms with Crippen LogP contribution in [0.2, 0.25) is 5.02 Å². The second-order valence-corrected chi connectivity index (χ2v) is 7.23. The Morgan fingerprint density at radius 3 is 2.92 bits per heavy atom. The Labute approximate surface area is 148 Å². The normalized spacial score (nSPS) is 16.5. The first-order valence-corrected chi connectivity index (χ1v) is 9.03. The summed E-state index contributed by atoms with van der Waals surface area (Å²) >= 11 is 5.95. The molecule has 0 aliphatic carbocycles. The monoisotopic (exact) mass is 348 g/mol. The van der Waals surface area contributed by atoms with Gasteiger partial charge in [-0.15, -0.1) is 0 Å². The Morgan fingerprint density at radius 1 is 1.38 bits per heavy atom. The number of likely N-dealkylation sites (tertiary alicyclic amines) is 1. The minimum atomic E-state index is 0.572. The molecule has 0 bridgehead atoms. The zero-order valence-electron chi connectivity index (χ0n) is 14.4. The van der Waals surface area contributed by atoms with Gasteiger partial charge in [-0.25, -0.2) is 0 Å². The van der Waals surface area contributed by atoms with Gasteiger partial charge in [0.15, 0.2) is 5.58 Å². The zero-order chi connectivity index (χ0) is 16.9. The van der Waals surface area contributed by atoms with Crippen molar-refractivity contribution in [2.24, 2.45) is 5.92 Å². The number of allylic oxidation sites excluding steroid dienone is 1. The lowest BCUT2D eigenvalue weighted by Gasteiger charge is -2.31. The Hall–Kier alpha value is -1.52. The van der Waals surface area contributed by atoms with Gasteiger partial charge >= 0.3 is 0 Å². The number of aromatic nitrogens is 1. The van der Waals surface area contributed by atoms with Gasteiger partial charge in [0, 0.05) is 17.6 Å². The molecule has 0 N–H and O–H groups in total. The molecule has 1 aromatic heterocycles. The highest BCUT2D eigenvalue weighted by Crippen LogP contribution is 2.28. The van der Waals surface area contributed by atoms with Crippen LogP contribution in [-0.2, 0) is 0 Å². The Bertz CT molecular complexity index is 698. The number of hydrogen-bond donors (Lipinski definition) is 0. The maximum Gasteiger partial charge on any atom is 0.262 e. The van der Waals surface area contributed by atoms with Gasteiger partial charge in [-0.05, 0) is 69.4 Å². The van der Waals surface area contributed by atoms with Crippen LogP contribution in [0.15, 0.2) is 34.4 Å². The number of rotatable bonds is 6. The third kappa shape index (κ3) is 4.52. The molecule has 1 aliphatic rings. The van der Waals surface area contributed by atoms with Crippen molar-refractivity contribution in [1.82, 2.24) is 10.1 Å². The predicted molar refractivity (Wildman–Crippen MR) is 97.7 cm³/mol. The first-order valence-electron chi connectivity index (χ1n) is 8.65. The van der Waals surface area contributed by atoms with E-state index in [4.69, 9.17) is 20.9 Å². The van der Waals surface area contributed by atoms with E-state index < -0.39 is 0 Å². The van der Waals surface area contributed by atoms with Gasteiger partial charge < -0.3 is 9.26 Å². The fourth-order valence-electron chi connectivity index (χ4n) is 3.08. The average Bonchev–Trinajstić information content (AvgIpc) is 2.96. The lowest BCUT2D eigenvalue weighted by Crippen LogP contribution is -2.34. The molecular formula is C19H25ClN2O2. The quantitative estimate of drug-likeness (QED) is 0.694. The lowest BCUT2D eigenvalue weighted by molar-refractivity contribution is 0.172. The molecule has 0 spiro atoms. The molecule has 5 heteroatoms. The first-order chi connectivity index (χ1) is 11.6. The van der Waals surface area contributed by atoms with Gasteiger partial charge in [-0.3, -0.25) is 4.90 Å². The van der Waals surface area contributed by atoms with E-state index in [1.54, 1.807) is 6.07 Å². The molecule has 1 aromatic carbocycles. The molecule has 0 saturated carbocycles. The third-order valence-electron chi connectivity index (χ3n) is 4.63. The van der Waals surface area contributed by atoms with Gasteiger partial charge in [0.05, 0.1) is 12.0 Å². The Kier molecular flexibility index (Phi) is 5.80. The van der Waals surface area contributed by atoms with Crippen molar-refractivity contribution >= 4 is 22.6 Å². The fraction of sp³-hybridized carbons (Fsp3) is 0.526. The molecule has 0 radical (unpaired) electrons. The molecule has 0 atom stereocenters. The summed E-state index contributed by atoms with van der Waals surface area (Å²) in [6.07, 6.45) is 5.87. The Morgan fingerprint density at radius 2 is 2.17 bits per heavy atom. The minimum absolute atomic E-state index is 0.572. The average molecular weight is 349 g/mol. The van der Waals surface area contributed by atoms with Crippen molar-refractivity contribution in [2.45, 2.75) is 33.1 Å². The number of piperidine rings is 1. The van der Waals surface area contributed by atoms with E-state index in [0.717, 1.165) is 24.3 Å². The van der Waals surface area contributed by atoms with Gasteiger partial charge in [-0.1, -0.05) is 23.3 Å². The van der Waals surface area contributed by atoms with Crippen molar-refractivity contribution in [3.05, 3.63) is 34.9 Å².